The number of allylic oxidation sites excluding steroid dienone is 2. The number of nitrogens with zero attached hydrogens (tertiary/aromatic N) is 4. The molecule has 0 spiro atoms. The molecule has 0 bridgehead atoms. The molecule has 3 aromatic rings. The Morgan fingerprint density at radius 1 is 1.24 bits per heavy atom. The third kappa shape index (κ3) is 4.52. The quantitative estimate of drug-likeness (QED) is 0.488. The number of nitrogen functional groups attached to an aromatic ring is 1. The number of hydrogen-bond acceptors (Lipinski definition) is 5. The van der Waals surface area contributed by atoms with Gasteiger partial charge in [-0.1, -0.05) is 18.7 Å². The van der Waals surface area contributed by atoms with Gasteiger partial charge in [0.15, 0.2) is 0 Å². The highest BCUT2D eigenvalue weighted by Gasteiger charge is 2.31. The molecular weight excluding hydrogens is 464 g/mol. The molecule has 0 unspecified atom stereocenters. The van der Waals surface area contributed by atoms with E-state index in [0.29, 0.717) is 48.0 Å². The molecule has 1 aromatic carbocycles. The lowest BCUT2D eigenvalue weighted by Crippen LogP contribution is -2.34. The summed E-state index contributed by atoms with van der Waals surface area (Å²) in [5, 5.41) is 3.60. The first-order valence-corrected chi connectivity index (χ1v) is 12.8. The largest absolute Gasteiger partial charge is 0.383 e. The number of carbonyl (C=O) groups is 2. The van der Waals surface area contributed by atoms with Crippen LogP contribution in [0.15, 0.2) is 42.7 Å². The van der Waals surface area contributed by atoms with Crippen LogP contribution in [0.1, 0.15) is 51.5 Å². The summed E-state index contributed by atoms with van der Waals surface area (Å²) in [5.74, 6) is 0.157. The molecule has 1 saturated heterocycles. The second-order valence-electron chi connectivity index (χ2n) is 10.1. The first-order valence-electron chi connectivity index (χ1n) is 13.3. The molecule has 3 N–H and O–H groups in total. The van der Waals surface area contributed by atoms with Crippen LogP contribution in [0.3, 0.4) is 0 Å². The van der Waals surface area contributed by atoms with Crippen LogP contribution in [0.5, 0.6) is 0 Å². The van der Waals surface area contributed by atoms with Crippen LogP contribution in [0.4, 0.5) is 11.5 Å². The maximum absolute atomic E-state index is 13.1. The summed E-state index contributed by atoms with van der Waals surface area (Å²) < 4.78 is 11.0. The van der Waals surface area contributed by atoms with Crippen molar-refractivity contribution in [3.05, 3.63) is 53.9 Å². The maximum atomic E-state index is 13.1. The third-order valence-corrected chi connectivity index (χ3v) is 7.50. The molecule has 8 nitrogen and oxygen atoms in total. The number of anilines is 2. The molecule has 0 radical (unpaired) electrons. The average Bonchev–Trinajstić information content (AvgIpc) is 3.52. The zero-order valence-electron chi connectivity index (χ0n) is 22.7. The Balaban J connectivity index is 1.61. The number of rotatable bonds is 5. The molecule has 1 aliphatic carbocycles. The molecule has 5 rings (SSSR count). The number of amides is 2. The second kappa shape index (κ2) is 9.84. The maximum Gasteiger partial charge on any atom is 0.250 e. The Morgan fingerprint density at radius 2 is 2.00 bits per heavy atom. The van der Waals surface area contributed by atoms with Gasteiger partial charge in [0.2, 0.25) is 5.91 Å². The Morgan fingerprint density at radius 3 is 2.68 bits per heavy atom. The van der Waals surface area contributed by atoms with E-state index in [2.05, 4.69) is 21.9 Å². The summed E-state index contributed by atoms with van der Waals surface area (Å²) in [6, 6.07) is 6.22. The van der Waals surface area contributed by atoms with Crippen molar-refractivity contribution in [2.45, 2.75) is 46.0 Å². The number of hydrogen-bond donors (Lipinski definition) is 2. The Bertz CT molecular complexity index is 1500. The van der Waals surface area contributed by atoms with Gasteiger partial charge in [0, 0.05) is 48.4 Å². The molecule has 37 heavy (non-hydrogen) atoms. The van der Waals surface area contributed by atoms with Gasteiger partial charge in [-0.2, -0.15) is 0 Å². The number of benzene rings is 1. The van der Waals surface area contributed by atoms with Crippen LogP contribution < -0.4 is 11.1 Å². The number of nitrogens with one attached hydrogen (secondary N) is 1. The molecule has 0 saturated carbocycles. The highest BCUT2D eigenvalue weighted by Crippen LogP contribution is 2.44. The van der Waals surface area contributed by atoms with E-state index in [-0.39, 0.29) is 17.7 Å². The summed E-state index contributed by atoms with van der Waals surface area (Å²) in [6.07, 6.45) is 5.29. The van der Waals surface area contributed by atoms with Crippen molar-refractivity contribution >= 4 is 39.9 Å². The van der Waals surface area contributed by atoms with Gasteiger partial charge in [-0.25, -0.2) is 9.97 Å². The summed E-state index contributed by atoms with van der Waals surface area (Å²) in [4.78, 5) is 36.0. The van der Waals surface area contributed by atoms with Crippen LogP contribution in [0, 0.1) is 12.8 Å². The fourth-order valence-electron chi connectivity index (χ4n) is 5.50. The topological polar surface area (TPSA) is 106 Å². The van der Waals surface area contributed by atoms with Crippen molar-refractivity contribution in [1.29, 1.82) is 0 Å². The molecule has 192 valence electrons. The SMILES string of the molecule is [2H]C1=C(c2c(-c3ccc(NC(=O)C(=C)C)cc3C)n(C)c3ncnc(N)c23)CC[C@@H](C(=O)N2CCCC2)C1. The number of aromatic nitrogens is 3. The average molecular weight is 500 g/mol. The highest BCUT2D eigenvalue weighted by molar-refractivity contribution is 6.05. The fraction of sp³-hybridized carbons (Fsp3) is 0.379. The summed E-state index contributed by atoms with van der Waals surface area (Å²) in [6.45, 7) is 9.01. The van der Waals surface area contributed by atoms with Gasteiger partial charge in [-0.15, -0.1) is 0 Å². The Hall–Kier alpha value is -3.94. The Kier molecular flexibility index (Phi) is 6.24. The summed E-state index contributed by atoms with van der Waals surface area (Å²) >= 11 is 0. The van der Waals surface area contributed by atoms with Crippen LogP contribution in [-0.4, -0.2) is 44.3 Å². The van der Waals surface area contributed by atoms with E-state index in [9.17, 15) is 9.59 Å². The minimum absolute atomic E-state index is 0.158. The predicted molar refractivity (Wildman–Crippen MR) is 148 cm³/mol. The number of carbonyl (C=O) groups excluding carboxylic acids is 2. The summed E-state index contributed by atoms with van der Waals surface area (Å²) in [5.41, 5.74) is 12.8. The van der Waals surface area contributed by atoms with Crippen LogP contribution in [0.2, 0.25) is 0 Å². The van der Waals surface area contributed by atoms with Gasteiger partial charge in [0.1, 0.15) is 17.8 Å². The van der Waals surface area contributed by atoms with Gasteiger partial charge in [0.05, 0.1) is 12.5 Å². The molecule has 2 aliphatic rings. The minimum atomic E-state index is -0.227. The molecule has 1 aliphatic heterocycles. The van der Waals surface area contributed by atoms with Gasteiger partial charge in [0.25, 0.3) is 5.91 Å². The van der Waals surface area contributed by atoms with E-state index in [1.807, 2.05) is 41.6 Å². The molecule has 1 atom stereocenters. The van der Waals surface area contributed by atoms with Crippen molar-refractivity contribution in [3.8, 4) is 11.3 Å². The van der Waals surface area contributed by atoms with E-state index in [1.165, 1.54) is 6.33 Å². The van der Waals surface area contributed by atoms with E-state index in [0.717, 1.165) is 59.3 Å². The van der Waals surface area contributed by atoms with Crippen LogP contribution in [0.25, 0.3) is 27.9 Å². The lowest BCUT2D eigenvalue weighted by molar-refractivity contribution is -0.134. The van der Waals surface area contributed by atoms with Gasteiger partial charge >= 0.3 is 0 Å². The van der Waals surface area contributed by atoms with Crippen molar-refractivity contribution < 1.29 is 11.0 Å². The highest BCUT2D eigenvalue weighted by atomic mass is 16.2. The minimum Gasteiger partial charge on any atom is -0.383 e. The van der Waals surface area contributed by atoms with Gasteiger partial charge in [-0.05, 0) is 69.2 Å². The third-order valence-electron chi connectivity index (χ3n) is 7.50. The van der Waals surface area contributed by atoms with Gasteiger partial charge in [-0.3, -0.25) is 9.59 Å². The number of nitrogens with two attached hydrogens (primary N) is 1. The van der Waals surface area contributed by atoms with E-state index < -0.39 is 0 Å². The van der Waals surface area contributed by atoms with Crippen molar-refractivity contribution in [3.63, 3.8) is 0 Å². The number of aryl methyl sites for hydroxylation is 2. The van der Waals surface area contributed by atoms with E-state index in [1.54, 1.807) is 6.92 Å². The predicted octanol–water partition coefficient (Wildman–Crippen LogP) is 4.85. The first kappa shape index (κ1) is 23.5. The zero-order valence-corrected chi connectivity index (χ0v) is 21.7. The van der Waals surface area contributed by atoms with E-state index in [4.69, 9.17) is 7.10 Å². The monoisotopic (exact) mass is 499 g/mol. The normalized spacial score (nSPS) is 18.3. The molecule has 2 aromatic heterocycles. The van der Waals surface area contributed by atoms with Crippen molar-refractivity contribution in [1.82, 2.24) is 19.4 Å². The van der Waals surface area contributed by atoms with Crippen LogP contribution >= 0.6 is 0 Å². The molecule has 1 fully saturated rings. The summed E-state index contributed by atoms with van der Waals surface area (Å²) in [7, 11) is 1.94. The molecular formula is C29H34N6O2. The first-order chi connectivity index (χ1) is 18.2. The smallest absolute Gasteiger partial charge is 0.250 e. The van der Waals surface area contributed by atoms with Crippen molar-refractivity contribution in [2.75, 3.05) is 24.1 Å². The lowest BCUT2D eigenvalue weighted by Gasteiger charge is -2.26. The fourth-order valence-corrected chi connectivity index (χ4v) is 5.50. The molecule has 3 heterocycles. The lowest BCUT2D eigenvalue weighted by atomic mass is 9.84. The van der Waals surface area contributed by atoms with Crippen LogP contribution in [-0.2, 0) is 16.6 Å². The molecule has 2 amide bonds. The van der Waals surface area contributed by atoms with Crippen molar-refractivity contribution in [2.24, 2.45) is 13.0 Å². The number of likely N-dealkylation sites (tertiary alicyclic amines) is 1. The Labute approximate surface area is 218 Å². The van der Waals surface area contributed by atoms with Gasteiger partial charge < -0.3 is 20.5 Å². The van der Waals surface area contributed by atoms with E-state index >= 15 is 0 Å². The second-order valence-corrected chi connectivity index (χ2v) is 10.1. The number of fused-ring (bicyclic) bond motifs is 1. The standard InChI is InChI=1S/C29H34N6O2/c1-17(2)28(36)33-21-11-12-22(18(3)15-21)25-23(24-26(30)31-16-32-27(24)34(25)4)19-7-9-20(10-8-19)29(37)35-13-5-6-14-35/h7,11-12,15-16,20H,1,5-6,8-10,13-14H2,2-4H3,(H,33,36)(H2,30,31,32)/t20-/m0/s1/i7D. The molecule has 8 heteroatoms. The zero-order chi connectivity index (χ0) is 27.1.